The molecule has 22 heavy (non-hydrogen) atoms. The summed E-state index contributed by atoms with van der Waals surface area (Å²) in [6, 6.07) is 17.6. The molecule has 3 heteroatoms. The SMILES string of the molecule is CCC(C(=O)NC(C)c1cccc(OC)c1)c1ccccc1. The van der Waals surface area contributed by atoms with Crippen molar-refractivity contribution in [2.75, 3.05) is 7.11 Å². The molecule has 2 atom stereocenters. The van der Waals surface area contributed by atoms with E-state index >= 15 is 0 Å². The van der Waals surface area contributed by atoms with E-state index in [2.05, 4.69) is 5.32 Å². The monoisotopic (exact) mass is 297 g/mol. The molecule has 2 unspecified atom stereocenters. The number of carbonyl (C=O) groups is 1. The van der Waals surface area contributed by atoms with Crippen LogP contribution in [0.4, 0.5) is 0 Å². The minimum Gasteiger partial charge on any atom is -0.497 e. The molecule has 116 valence electrons. The van der Waals surface area contributed by atoms with Gasteiger partial charge in [-0.3, -0.25) is 4.79 Å². The van der Waals surface area contributed by atoms with Crippen LogP contribution < -0.4 is 10.1 Å². The summed E-state index contributed by atoms with van der Waals surface area (Å²) in [6.45, 7) is 4.03. The van der Waals surface area contributed by atoms with E-state index in [0.717, 1.165) is 23.3 Å². The molecule has 0 saturated heterocycles. The lowest BCUT2D eigenvalue weighted by Gasteiger charge is -2.20. The number of nitrogens with one attached hydrogen (secondary N) is 1. The minimum atomic E-state index is -0.116. The smallest absolute Gasteiger partial charge is 0.228 e. The molecule has 1 N–H and O–H groups in total. The van der Waals surface area contributed by atoms with Crippen LogP contribution in [0.25, 0.3) is 0 Å². The van der Waals surface area contributed by atoms with Crippen molar-refractivity contribution in [3.63, 3.8) is 0 Å². The Morgan fingerprint density at radius 2 is 1.77 bits per heavy atom. The van der Waals surface area contributed by atoms with E-state index in [1.54, 1.807) is 7.11 Å². The van der Waals surface area contributed by atoms with E-state index in [1.165, 1.54) is 0 Å². The molecule has 2 aromatic carbocycles. The summed E-state index contributed by atoms with van der Waals surface area (Å²) >= 11 is 0. The predicted octanol–water partition coefficient (Wildman–Crippen LogP) is 4.07. The maximum absolute atomic E-state index is 12.6. The van der Waals surface area contributed by atoms with Crippen LogP contribution in [0.15, 0.2) is 54.6 Å². The third-order valence-corrected chi connectivity index (χ3v) is 3.88. The van der Waals surface area contributed by atoms with Crippen LogP contribution >= 0.6 is 0 Å². The first-order chi connectivity index (χ1) is 10.7. The normalized spacial score (nSPS) is 13.2. The minimum absolute atomic E-state index is 0.0552. The van der Waals surface area contributed by atoms with Gasteiger partial charge in [0.25, 0.3) is 0 Å². The van der Waals surface area contributed by atoms with Gasteiger partial charge in [-0.1, -0.05) is 49.4 Å². The number of carbonyl (C=O) groups excluding carboxylic acids is 1. The molecule has 0 aliphatic carbocycles. The number of hydrogen-bond donors (Lipinski definition) is 1. The van der Waals surface area contributed by atoms with Crippen molar-refractivity contribution in [1.82, 2.24) is 5.32 Å². The number of amides is 1. The zero-order chi connectivity index (χ0) is 15.9. The fourth-order valence-corrected chi connectivity index (χ4v) is 2.57. The van der Waals surface area contributed by atoms with Crippen LogP contribution in [0.2, 0.25) is 0 Å². The molecule has 1 amide bonds. The van der Waals surface area contributed by atoms with Crippen molar-refractivity contribution in [3.05, 3.63) is 65.7 Å². The van der Waals surface area contributed by atoms with E-state index in [0.29, 0.717) is 0 Å². The van der Waals surface area contributed by atoms with Gasteiger partial charge in [0.1, 0.15) is 5.75 Å². The molecule has 0 aromatic heterocycles. The summed E-state index contributed by atoms with van der Waals surface area (Å²) in [5.41, 5.74) is 2.09. The molecule has 3 nitrogen and oxygen atoms in total. The average molecular weight is 297 g/mol. The molecular formula is C19H23NO2. The average Bonchev–Trinajstić information content (AvgIpc) is 2.56. The lowest BCUT2D eigenvalue weighted by molar-refractivity contribution is -0.123. The molecule has 0 aliphatic heterocycles. The van der Waals surface area contributed by atoms with Crippen LogP contribution in [0, 0.1) is 0 Å². The molecule has 0 fully saturated rings. The molecule has 0 bridgehead atoms. The van der Waals surface area contributed by atoms with Gasteiger partial charge >= 0.3 is 0 Å². The standard InChI is InChI=1S/C19H23NO2/c1-4-18(15-9-6-5-7-10-15)19(21)20-14(2)16-11-8-12-17(13-16)22-3/h5-14,18H,4H2,1-3H3,(H,20,21). The number of benzene rings is 2. The predicted molar refractivity (Wildman–Crippen MR) is 89.0 cm³/mol. The third-order valence-electron chi connectivity index (χ3n) is 3.88. The third kappa shape index (κ3) is 3.88. The summed E-state index contributed by atoms with van der Waals surface area (Å²) < 4.78 is 5.24. The summed E-state index contributed by atoms with van der Waals surface area (Å²) in [4.78, 5) is 12.6. The van der Waals surface area contributed by atoms with Gasteiger partial charge in [0, 0.05) is 0 Å². The Balaban J connectivity index is 2.09. The summed E-state index contributed by atoms with van der Waals surface area (Å²) in [6.07, 6.45) is 0.778. The second-order valence-electron chi connectivity index (χ2n) is 5.38. The first-order valence-corrected chi connectivity index (χ1v) is 7.65. The van der Waals surface area contributed by atoms with Gasteiger partial charge in [0.05, 0.1) is 19.1 Å². The molecule has 2 aromatic rings. The molecule has 0 aliphatic rings. The van der Waals surface area contributed by atoms with Gasteiger partial charge in [-0.2, -0.15) is 0 Å². The van der Waals surface area contributed by atoms with Crippen LogP contribution in [0.1, 0.15) is 43.4 Å². The fraction of sp³-hybridized carbons (Fsp3) is 0.316. The number of rotatable bonds is 6. The van der Waals surface area contributed by atoms with Crippen LogP contribution in [-0.2, 0) is 4.79 Å². The highest BCUT2D eigenvalue weighted by molar-refractivity contribution is 5.83. The Hall–Kier alpha value is -2.29. The van der Waals surface area contributed by atoms with Crippen molar-refractivity contribution in [2.24, 2.45) is 0 Å². The van der Waals surface area contributed by atoms with Gasteiger partial charge in [-0.15, -0.1) is 0 Å². The molecule has 0 spiro atoms. The van der Waals surface area contributed by atoms with Crippen LogP contribution in [0.5, 0.6) is 5.75 Å². The summed E-state index contributed by atoms with van der Waals surface area (Å²) in [5.74, 6) is 0.743. The van der Waals surface area contributed by atoms with Crippen molar-refractivity contribution < 1.29 is 9.53 Å². The van der Waals surface area contributed by atoms with Crippen molar-refractivity contribution in [1.29, 1.82) is 0 Å². The summed E-state index contributed by atoms with van der Waals surface area (Å²) in [5, 5.41) is 3.10. The Kier molecular flexibility index (Phi) is 5.59. The van der Waals surface area contributed by atoms with Gasteiger partial charge in [0.15, 0.2) is 0 Å². The zero-order valence-electron chi connectivity index (χ0n) is 13.4. The van der Waals surface area contributed by atoms with Gasteiger partial charge < -0.3 is 10.1 Å². The maximum Gasteiger partial charge on any atom is 0.228 e. The maximum atomic E-state index is 12.6. The lowest BCUT2D eigenvalue weighted by atomic mass is 9.95. The Morgan fingerprint density at radius 1 is 1.09 bits per heavy atom. The van der Waals surface area contributed by atoms with Crippen LogP contribution in [0.3, 0.4) is 0 Å². The largest absolute Gasteiger partial charge is 0.497 e. The quantitative estimate of drug-likeness (QED) is 0.873. The molecular weight excluding hydrogens is 274 g/mol. The first-order valence-electron chi connectivity index (χ1n) is 7.65. The van der Waals surface area contributed by atoms with Crippen molar-refractivity contribution in [2.45, 2.75) is 32.2 Å². The molecule has 0 saturated carbocycles. The van der Waals surface area contributed by atoms with Crippen LogP contribution in [-0.4, -0.2) is 13.0 Å². The molecule has 2 rings (SSSR count). The first kappa shape index (κ1) is 16.1. The molecule has 0 heterocycles. The van der Waals surface area contributed by atoms with Gasteiger partial charge in [-0.05, 0) is 36.6 Å². The number of hydrogen-bond acceptors (Lipinski definition) is 2. The van der Waals surface area contributed by atoms with Crippen molar-refractivity contribution in [3.8, 4) is 5.75 Å². The van der Waals surface area contributed by atoms with E-state index in [4.69, 9.17) is 4.74 Å². The fourth-order valence-electron chi connectivity index (χ4n) is 2.57. The Morgan fingerprint density at radius 3 is 2.41 bits per heavy atom. The highest BCUT2D eigenvalue weighted by atomic mass is 16.5. The van der Waals surface area contributed by atoms with Gasteiger partial charge in [0.2, 0.25) is 5.91 Å². The second kappa shape index (κ2) is 7.64. The molecule has 0 radical (unpaired) electrons. The highest BCUT2D eigenvalue weighted by Crippen LogP contribution is 2.23. The second-order valence-corrected chi connectivity index (χ2v) is 5.38. The topological polar surface area (TPSA) is 38.3 Å². The van der Waals surface area contributed by atoms with Crippen molar-refractivity contribution >= 4 is 5.91 Å². The van der Waals surface area contributed by atoms with E-state index in [9.17, 15) is 4.79 Å². The highest BCUT2D eigenvalue weighted by Gasteiger charge is 2.20. The Labute approximate surface area is 132 Å². The zero-order valence-corrected chi connectivity index (χ0v) is 13.4. The van der Waals surface area contributed by atoms with E-state index < -0.39 is 0 Å². The lowest BCUT2D eigenvalue weighted by Crippen LogP contribution is -2.31. The Bertz CT molecular complexity index is 610. The number of ether oxygens (including phenoxy) is 1. The van der Waals surface area contributed by atoms with Gasteiger partial charge in [-0.25, -0.2) is 0 Å². The van der Waals surface area contributed by atoms with E-state index in [1.807, 2.05) is 68.4 Å². The summed E-state index contributed by atoms with van der Waals surface area (Å²) in [7, 11) is 1.64. The number of methoxy groups -OCH3 is 1. The van der Waals surface area contributed by atoms with E-state index in [-0.39, 0.29) is 17.9 Å².